The number of nitrogens with zero attached hydrogens (tertiary/aromatic N) is 2. The van der Waals surface area contributed by atoms with Gasteiger partial charge >= 0.3 is 0 Å². The first-order valence-corrected chi connectivity index (χ1v) is 10.1. The molecule has 2 aromatic rings. The molecule has 1 saturated heterocycles. The van der Waals surface area contributed by atoms with Crippen LogP contribution >= 0.6 is 0 Å². The Bertz CT molecular complexity index is 797. The fourth-order valence-corrected chi connectivity index (χ4v) is 4.37. The lowest BCUT2D eigenvalue weighted by Gasteiger charge is -2.32. The third kappa shape index (κ3) is 4.12. The SMILES string of the molecule is Cc1ccccc1-c1cc(O)c2c(c1)CN(CC1CCN(C)CC1)CCO2. The molecule has 0 aliphatic carbocycles. The van der Waals surface area contributed by atoms with Crippen molar-refractivity contribution < 1.29 is 9.84 Å². The summed E-state index contributed by atoms with van der Waals surface area (Å²) in [5.41, 5.74) is 4.55. The molecular weight excluding hydrogens is 336 g/mol. The largest absolute Gasteiger partial charge is 0.504 e. The molecule has 0 aromatic heterocycles. The number of hydrogen-bond donors (Lipinski definition) is 1. The van der Waals surface area contributed by atoms with Gasteiger partial charge in [0.25, 0.3) is 0 Å². The van der Waals surface area contributed by atoms with Crippen LogP contribution < -0.4 is 4.74 Å². The molecular formula is C23H30N2O2. The van der Waals surface area contributed by atoms with Gasteiger partial charge in [0.1, 0.15) is 6.61 Å². The molecule has 144 valence electrons. The Morgan fingerprint density at radius 2 is 1.89 bits per heavy atom. The zero-order valence-electron chi connectivity index (χ0n) is 16.4. The highest BCUT2D eigenvalue weighted by atomic mass is 16.5. The summed E-state index contributed by atoms with van der Waals surface area (Å²) in [5.74, 6) is 1.68. The fourth-order valence-electron chi connectivity index (χ4n) is 4.37. The number of fused-ring (bicyclic) bond motifs is 1. The highest BCUT2D eigenvalue weighted by Gasteiger charge is 2.24. The van der Waals surface area contributed by atoms with Crippen LogP contribution in [-0.4, -0.2) is 54.7 Å². The molecule has 2 aliphatic heterocycles. The molecule has 2 aromatic carbocycles. The van der Waals surface area contributed by atoms with Crippen molar-refractivity contribution in [3.05, 3.63) is 47.5 Å². The molecule has 0 radical (unpaired) electrons. The van der Waals surface area contributed by atoms with E-state index < -0.39 is 0 Å². The fraction of sp³-hybridized carbons (Fsp3) is 0.478. The molecule has 2 heterocycles. The van der Waals surface area contributed by atoms with Crippen molar-refractivity contribution >= 4 is 0 Å². The average Bonchev–Trinajstić information content (AvgIpc) is 2.86. The van der Waals surface area contributed by atoms with E-state index in [0.717, 1.165) is 36.7 Å². The lowest BCUT2D eigenvalue weighted by molar-refractivity contribution is 0.148. The lowest BCUT2D eigenvalue weighted by Crippen LogP contribution is -2.37. The van der Waals surface area contributed by atoms with Gasteiger partial charge in [0.2, 0.25) is 0 Å². The molecule has 0 unspecified atom stereocenters. The van der Waals surface area contributed by atoms with Crippen LogP contribution in [0, 0.1) is 12.8 Å². The van der Waals surface area contributed by atoms with Crippen LogP contribution in [0.15, 0.2) is 36.4 Å². The highest BCUT2D eigenvalue weighted by molar-refractivity contribution is 5.71. The van der Waals surface area contributed by atoms with E-state index in [0.29, 0.717) is 12.4 Å². The van der Waals surface area contributed by atoms with Gasteiger partial charge in [-0.2, -0.15) is 0 Å². The Morgan fingerprint density at radius 1 is 1.11 bits per heavy atom. The van der Waals surface area contributed by atoms with Gasteiger partial charge in [-0.05, 0) is 74.6 Å². The van der Waals surface area contributed by atoms with Gasteiger partial charge < -0.3 is 14.7 Å². The number of benzene rings is 2. The number of piperidine rings is 1. The number of phenolic OH excluding ortho intramolecular Hbond substituents is 1. The molecule has 4 rings (SSSR count). The Hall–Kier alpha value is -2.04. The van der Waals surface area contributed by atoms with Gasteiger partial charge in [-0.1, -0.05) is 24.3 Å². The molecule has 0 spiro atoms. The van der Waals surface area contributed by atoms with Gasteiger partial charge in [-0.15, -0.1) is 0 Å². The molecule has 0 atom stereocenters. The van der Waals surface area contributed by atoms with Crippen LogP contribution in [-0.2, 0) is 6.54 Å². The van der Waals surface area contributed by atoms with E-state index in [1.807, 2.05) is 12.1 Å². The van der Waals surface area contributed by atoms with Crippen LogP contribution in [0.4, 0.5) is 0 Å². The van der Waals surface area contributed by atoms with E-state index in [-0.39, 0.29) is 5.75 Å². The summed E-state index contributed by atoms with van der Waals surface area (Å²) < 4.78 is 5.94. The van der Waals surface area contributed by atoms with E-state index in [1.165, 1.54) is 37.1 Å². The van der Waals surface area contributed by atoms with Gasteiger partial charge in [-0.3, -0.25) is 4.90 Å². The maximum Gasteiger partial charge on any atom is 0.165 e. The average molecular weight is 367 g/mol. The smallest absolute Gasteiger partial charge is 0.165 e. The van der Waals surface area contributed by atoms with Crippen molar-refractivity contribution in [2.24, 2.45) is 5.92 Å². The molecule has 0 saturated carbocycles. The molecule has 1 fully saturated rings. The maximum absolute atomic E-state index is 10.6. The second-order valence-electron chi connectivity index (χ2n) is 8.13. The van der Waals surface area contributed by atoms with E-state index >= 15 is 0 Å². The Balaban J connectivity index is 1.57. The molecule has 4 heteroatoms. The summed E-state index contributed by atoms with van der Waals surface area (Å²) in [6.45, 7) is 8.02. The van der Waals surface area contributed by atoms with Crippen LogP contribution in [0.25, 0.3) is 11.1 Å². The number of aromatic hydroxyl groups is 1. The number of hydrogen-bond acceptors (Lipinski definition) is 4. The van der Waals surface area contributed by atoms with Crippen LogP contribution in [0.5, 0.6) is 11.5 Å². The topological polar surface area (TPSA) is 35.9 Å². The van der Waals surface area contributed by atoms with Crippen molar-refractivity contribution in [1.82, 2.24) is 9.80 Å². The summed E-state index contributed by atoms with van der Waals surface area (Å²) >= 11 is 0. The monoisotopic (exact) mass is 366 g/mol. The van der Waals surface area contributed by atoms with Crippen molar-refractivity contribution in [3.8, 4) is 22.6 Å². The van der Waals surface area contributed by atoms with E-state index in [1.54, 1.807) is 0 Å². The van der Waals surface area contributed by atoms with Gasteiger partial charge in [0.15, 0.2) is 11.5 Å². The Kier molecular flexibility index (Phi) is 5.37. The second kappa shape index (κ2) is 7.91. The van der Waals surface area contributed by atoms with Crippen LogP contribution in [0.1, 0.15) is 24.0 Å². The lowest BCUT2D eigenvalue weighted by atomic mass is 9.95. The number of ether oxygens (including phenoxy) is 1. The number of rotatable bonds is 3. The zero-order valence-corrected chi connectivity index (χ0v) is 16.4. The van der Waals surface area contributed by atoms with Crippen LogP contribution in [0.3, 0.4) is 0 Å². The van der Waals surface area contributed by atoms with E-state index in [9.17, 15) is 5.11 Å². The third-order valence-electron chi connectivity index (χ3n) is 6.00. The van der Waals surface area contributed by atoms with Crippen molar-refractivity contribution in [1.29, 1.82) is 0 Å². The molecule has 1 N–H and O–H groups in total. The van der Waals surface area contributed by atoms with Gasteiger partial charge in [-0.25, -0.2) is 0 Å². The third-order valence-corrected chi connectivity index (χ3v) is 6.00. The van der Waals surface area contributed by atoms with Crippen LogP contribution in [0.2, 0.25) is 0 Å². The van der Waals surface area contributed by atoms with E-state index in [2.05, 4.69) is 48.0 Å². The molecule has 4 nitrogen and oxygen atoms in total. The number of aryl methyl sites for hydroxylation is 1. The highest BCUT2D eigenvalue weighted by Crippen LogP contribution is 2.38. The minimum atomic E-state index is 0.256. The zero-order chi connectivity index (χ0) is 18.8. The van der Waals surface area contributed by atoms with Crippen molar-refractivity contribution in [2.45, 2.75) is 26.3 Å². The molecule has 0 bridgehead atoms. The normalized spacial score (nSPS) is 19.3. The summed E-state index contributed by atoms with van der Waals surface area (Å²) in [5, 5.41) is 10.6. The standard InChI is InChI=1S/C23H30N2O2/c1-17-5-3-4-6-21(17)19-13-20-16-25(11-12-27-23(20)22(26)14-19)15-18-7-9-24(2)10-8-18/h3-6,13-14,18,26H,7-12,15-16H2,1-2H3. The molecule has 0 amide bonds. The number of phenols is 1. The van der Waals surface area contributed by atoms with Crippen molar-refractivity contribution in [3.63, 3.8) is 0 Å². The molecule has 2 aliphatic rings. The predicted molar refractivity (Wildman–Crippen MR) is 109 cm³/mol. The van der Waals surface area contributed by atoms with Gasteiger partial charge in [0.05, 0.1) is 0 Å². The predicted octanol–water partition coefficient (Wildman–Crippen LogP) is 3.90. The second-order valence-corrected chi connectivity index (χ2v) is 8.13. The van der Waals surface area contributed by atoms with E-state index in [4.69, 9.17) is 4.74 Å². The first kappa shape index (κ1) is 18.3. The van der Waals surface area contributed by atoms with Gasteiger partial charge in [0, 0.05) is 25.2 Å². The number of likely N-dealkylation sites (tertiary alicyclic amines) is 1. The first-order valence-electron chi connectivity index (χ1n) is 10.1. The summed E-state index contributed by atoms with van der Waals surface area (Å²) in [6, 6.07) is 12.4. The molecule has 27 heavy (non-hydrogen) atoms. The first-order chi connectivity index (χ1) is 13.1. The Labute approximate surface area is 162 Å². The summed E-state index contributed by atoms with van der Waals surface area (Å²) in [4.78, 5) is 4.92. The summed E-state index contributed by atoms with van der Waals surface area (Å²) in [6.07, 6.45) is 2.55. The quantitative estimate of drug-likeness (QED) is 0.894. The minimum Gasteiger partial charge on any atom is -0.504 e. The minimum absolute atomic E-state index is 0.256. The Morgan fingerprint density at radius 3 is 2.67 bits per heavy atom. The summed E-state index contributed by atoms with van der Waals surface area (Å²) in [7, 11) is 2.21. The maximum atomic E-state index is 10.6. The van der Waals surface area contributed by atoms with Crippen molar-refractivity contribution in [2.75, 3.05) is 39.8 Å².